The van der Waals surface area contributed by atoms with E-state index in [1.54, 1.807) is 19.1 Å². The third kappa shape index (κ3) is 4.36. The van der Waals surface area contributed by atoms with Crippen LogP contribution in [0.5, 0.6) is 5.75 Å². The van der Waals surface area contributed by atoms with Crippen LogP contribution in [-0.4, -0.2) is 24.5 Å². The van der Waals surface area contributed by atoms with Crippen molar-refractivity contribution in [2.24, 2.45) is 0 Å². The summed E-state index contributed by atoms with van der Waals surface area (Å²) in [6, 6.07) is 6.85. The molecule has 0 bridgehead atoms. The first kappa shape index (κ1) is 21.9. The van der Waals surface area contributed by atoms with Gasteiger partial charge in [-0.25, -0.2) is 9.69 Å². The fourth-order valence-corrected chi connectivity index (χ4v) is 3.57. The molecule has 1 aliphatic heterocycles. The predicted molar refractivity (Wildman–Crippen MR) is 117 cm³/mol. The summed E-state index contributed by atoms with van der Waals surface area (Å²) in [5.41, 5.74) is 0.883. The number of hydrogen-bond acceptors (Lipinski definition) is 4. The van der Waals surface area contributed by atoms with Crippen LogP contribution < -0.4 is 15.0 Å². The lowest BCUT2D eigenvalue weighted by molar-refractivity contribution is -0.122. The maximum absolute atomic E-state index is 13.1. The number of nitrogens with zero attached hydrogens (tertiary/aromatic N) is 1. The van der Waals surface area contributed by atoms with E-state index in [0.29, 0.717) is 16.1 Å². The second-order valence-electron chi connectivity index (χ2n) is 6.29. The number of anilines is 1. The molecule has 0 spiro atoms. The van der Waals surface area contributed by atoms with Crippen LogP contribution in [0.2, 0.25) is 15.1 Å². The zero-order chi connectivity index (χ0) is 22.0. The van der Waals surface area contributed by atoms with Gasteiger partial charge in [-0.3, -0.25) is 14.9 Å². The number of hydrogen-bond donors (Lipinski definition) is 1. The molecule has 3 rings (SSSR count). The third-order valence-corrected chi connectivity index (χ3v) is 4.93. The second kappa shape index (κ2) is 8.92. The van der Waals surface area contributed by atoms with Crippen molar-refractivity contribution < 1.29 is 19.1 Å². The number of imide groups is 2. The van der Waals surface area contributed by atoms with Gasteiger partial charge in [0.25, 0.3) is 11.8 Å². The van der Waals surface area contributed by atoms with E-state index in [1.807, 2.05) is 0 Å². The number of nitrogens with one attached hydrogen (secondary N) is 1. The number of benzene rings is 2. The van der Waals surface area contributed by atoms with Crippen molar-refractivity contribution in [1.82, 2.24) is 5.32 Å². The number of carbonyl (C=O) groups excluding carboxylic acids is 3. The molecule has 2 aromatic carbocycles. The van der Waals surface area contributed by atoms with Gasteiger partial charge >= 0.3 is 6.03 Å². The van der Waals surface area contributed by atoms with Crippen LogP contribution in [0.25, 0.3) is 6.08 Å². The van der Waals surface area contributed by atoms with Gasteiger partial charge in [0.2, 0.25) is 0 Å². The van der Waals surface area contributed by atoms with E-state index < -0.39 is 17.8 Å². The third-order valence-electron chi connectivity index (χ3n) is 4.20. The molecule has 6 nitrogen and oxygen atoms in total. The predicted octanol–water partition coefficient (Wildman–Crippen LogP) is 5.19. The minimum Gasteiger partial charge on any atom is -0.487 e. The number of rotatable bonds is 5. The molecule has 154 valence electrons. The molecule has 0 aromatic heterocycles. The average molecular weight is 466 g/mol. The molecule has 9 heteroatoms. The summed E-state index contributed by atoms with van der Waals surface area (Å²) in [6.07, 6.45) is 2.79. The Morgan fingerprint density at radius 2 is 1.83 bits per heavy atom. The Labute approximate surface area is 187 Å². The highest BCUT2D eigenvalue weighted by molar-refractivity contribution is 6.40. The lowest BCUT2D eigenvalue weighted by Gasteiger charge is -2.27. The lowest BCUT2D eigenvalue weighted by atomic mass is 10.0. The maximum Gasteiger partial charge on any atom is 0.335 e. The molecule has 1 N–H and O–H groups in total. The summed E-state index contributed by atoms with van der Waals surface area (Å²) in [5, 5.41) is 2.96. The highest BCUT2D eigenvalue weighted by atomic mass is 35.5. The largest absolute Gasteiger partial charge is 0.487 e. The van der Waals surface area contributed by atoms with E-state index in [9.17, 15) is 14.4 Å². The van der Waals surface area contributed by atoms with Crippen LogP contribution in [-0.2, 0) is 9.59 Å². The van der Waals surface area contributed by atoms with Crippen molar-refractivity contribution in [2.45, 2.75) is 6.92 Å². The van der Waals surface area contributed by atoms with Gasteiger partial charge < -0.3 is 4.74 Å². The van der Waals surface area contributed by atoms with Crippen LogP contribution in [0, 0.1) is 6.92 Å². The zero-order valence-corrected chi connectivity index (χ0v) is 17.9. The van der Waals surface area contributed by atoms with E-state index in [4.69, 9.17) is 39.5 Å². The molecule has 0 unspecified atom stereocenters. The number of aryl methyl sites for hydroxylation is 1. The normalized spacial score (nSPS) is 15.4. The lowest BCUT2D eigenvalue weighted by Crippen LogP contribution is -2.54. The molecule has 0 saturated carbocycles. The fourth-order valence-electron chi connectivity index (χ4n) is 2.84. The highest BCUT2D eigenvalue weighted by Gasteiger charge is 2.37. The first-order valence-electron chi connectivity index (χ1n) is 8.63. The molecule has 1 fully saturated rings. The van der Waals surface area contributed by atoms with Gasteiger partial charge in [-0.05, 0) is 42.8 Å². The number of urea groups is 1. The van der Waals surface area contributed by atoms with Crippen LogP contribution in [0.3, 0.4) is 0 Å². The second-order valence-corrected chi connectivity index (χ2v) is 7.57. The van der Waals surface area contributed by atoms with Gasteiger partial charge in [-0.15, -0.1) is 0 Å². The number of carbonyl (C=O) groups is 3. The SMILES string of the molecule is C=CCOc1c(Cl)cc(Cl)cc1/C=C1\C(=O)NC(=O)N(c2cc(Cl)ccc2C)C1=O. The minimum absolute atomic E-state index is 0.143. The Hall–Kier alpha value is -2.80. The smallest absolute Gasteiger partial charge is 0.335 e. The summed E-state index contributed by atoms with van der Waals surface area (Å²) in [5.74, 6) is -1.46. The Kier molecular flexibility index (Phi) is 6.51. The van der Waals surface area contributed by atoms with Crippen LogP contribution in [0.15, 0.2) is 48.6 Å². The standard InChI is InChI=1S/C21H15Cl3N2O4/c1-3-6-30-18-12(7-14(23)9-16(18)24)8-15-19(27)25-21(29)26(20(15)28)17-10-13(22)5-4-11(17)2/h3-5,7-10H,1,6H2,2H3,(H,25,27,29)/b15-8+. The molecule has 30 heavy (non-hydrogen) atoms. The van der Waals surface area contributed by atoms with Crippen molar-refractivity contribution in [3.05, 3.63) is 74.8 Å². The Bertz CT molecular complexity index is 1110. The Morgan fingerprint density at radius 3 is 2.53 bits per heavy atom. The van der Waals surface area contributed by atoms with Crippen LogP contribution in [0.4, 0.5) is 10.5 Å². The van der Waals surface area contributed by atoms with Gasteiger partial charge in [-0.2, -0.15) is 0 Å². The summed E-state index contributed by atoms with van der Waals surface area (Å²) in [4.78, 5) is 38.8. The number of barbiturate groups is 1. The molecule has 4 amide bonds. The fraction of sp³-hybridized carbons (Fsp3) is 0.0952. The zero-order valence-electron chi connectivity index (χ0n) is 15.7. The molecule has 2 aromatic rings. The molecular weight excluding hydrogens is 451 g/mol. The first-order chi connectivity index (χ1) is 14.2. The highest BCUT2D eigenvalue weighted by Crippen LogP contribution is 2.35. The molecule has 0 aliphatic carbocycles. The van der Waals surface area contributed by atoms with Crippen molar-refractivity contribution in [1.29, 1.82) is 0 Å². The van der Waals surface area contributed by atoms with Gasteiger partial charge in [0.1, 0.15) is 17.9 Å². The number of amides is 4. The molecule has 1 aliphatic rings. The topological polar surface area (TPSA) is 75.7 Å². The summed E-state index contributed by atoms with van der Waals surface area (Å²) >= 11 is 18.3. The monoisotopic (exact) mass is 464 g/mol. The summed E-state index contributed by atoms with van der Waals surface area (Å²) < 4.78 is 5.56. The first-order valence-corrected chi connectivity index (χ1v) is 9.76. The van der Waals surface area contributed by atoms with E-state index in [1.165, 1.54) is 30.4 Å². The van der Waals surface area contributed by atoms with Gasteiger partial charge in [0, 0.05) is 15.6 Å². The van der Waals surface area contributed by atoms with Gasteiger partial charge in [-0.1, -0.05) is 53.5 Å². The molecular formula is C21H15Cl3N2O4. The summed E-state index contributed by atoms with van der Waals surface area (Å²) in [7, 11) is 0. The number of ether oxygens (including phenoxy) is 1. The van der Waals surface area contributed by atoms with Gasteiger partial charge in [0.05, 0.1) is 10.7 Å². The minimum atomic E-state index is -0.875. The van der Waals surface area contributed by atoms with E-state index in [0.717, 1.165) is 4.90 Å². The van der Waals surface area contributed by atoms with Crippen LogP contribution >= 0.6 is 34.8 Å². The average Bonchev–Trinajstić information content (AvgIpc) is 2.67. The number of halogens is 3. The van der Waals surface area contributed by atoms with E-state index in [-0.39, 0.29) is 33.7 Å². The van der Waals surface area contributed by atoms with E-state index in [2.05, 4.69) is 11.9 Å². The molecule has 1 heterocycles. The molecule has 1 saturated heterocycles. The maximum atomic E-state index is 13.1. The van der Waals surface area contributed by atoms with Crippen LogP contribution in [0.1, 0.15) is 11.1 Å². The van der Waals surface area contributed by atoms with Crippen molar-refractivity contribution in [2.75, 3.05) is 11.5 Å². The molecule has 0 atom stereocenters. The molecule has 0 radical (unpaired) electrons. The Balaban J connectivity index is 2.12. The van der Waals surface area contributed by atoms with Crippen molar-refractivity contribution >= 4 is 64.4 Å². The van der Waals surface area contributed by atoms with Gasteiger partial charge in [0.15, 0.2) is 0 Å². The quantitative estimate of drug-likeness (QED) is 0.375. The summed E-state index contributed by atoms with van der Waals surface area (Å²) in [6.45, 7) is 5.43. The van der Waals surface area contributed by atoms with E-state index >= 15 is 0 Å². The van der Waals surface area contributed by atoms with Crippen molar-refractivity contribution in [3.63, 3.8) is 0 Å². The Morgan fingerprint density at radius 1 is 1.10 bits per heavy atom. The van der Waals surface area contributed by atoms with Crippen molar-refractivity contribution in [3.8, 4) is 5.75 Å².